The Morgan fingerprint density at radius 2 is 2.00 bits per heavy atom. The summed E-state index contributed by atoms with van der Waals surface area (Å²) in [5, 5.41) is 4.61. The van der Waals surface area contributed by atoms with Crippen molar-refractivity contribution in [2.75, 3.05) is 6.54 Å². The van der Waals surface area contributed by atoms with Gasteiger partial charge in [-0.15, -0.1) is 5.10 Å². The molecule has 0 saturated carbocycles. The van der Waals surface area contributed by atoms with Crippen LogP contribution in [0.2, 0.25) is 0 Å². The van der Waals surface area contributed by atoms with E-state index < -0.39 is 0 Å². The number of fused-ring (bicyclic) bond motifs is 1. The molecule has 3 aromatic rings. The summed E-state index contributed by atoms with van der Waals surface area (Å²) in [4.78, 5) is 4.58. The number of nitrogens with two attached hydrogens (primary N) is 1. The van der Waals surface area contributed by atoms with Crippen LogP contribution in [0.1, 0.15) is 5.69 Å². The van der Waals surface area contributed by atoms with Crippen molar-refractivity contribution in [1.29, 1.82) is 0 Å². The van der Waals surface area contributed by atoms with Gasteiger partial charge in [-0.3, -0.25) is 4.57 Å². The van der Waals surface area contributed by atoms with Crippen LogP contribution in [0, 0.1) is 0 Å². The van der Waals surface area contributed by atoms with E-state index in [1.807, 2.05) is 46.5 Å². The van der Waals surface area contributed by atoms with Gasteiger partial charge in [0.1, 0.15) is 4.60 Å². The molecular formula is C13H14BrN5. The summed E-state index contributed by atoms with van der Waals surface area (Å²) in [5.74, 6) is 1.71. The van der Waals surface area contributed by atoms with Gasteiger partial charge in [0, 0.05) is 19.0 Å². The SMILES string of the molecule is Cn1c(-c2ccccc2)nn2c(Br)c(CCN)nc12. The van der Waals surface area contributed by atoms with Crippen molar-refractivity contribution in [2.45, 2.75) is 6.42 Å². The van der Waals surface area contributed by atoms with Crippen LogP contribution in [0.3, 0.4) is 0 Å². The molecule has 0 saturated heterocycles. The fourth-order valence-corrected chi connectivity index (χ4v) is 2.65. The highest BCUT2D eigenvalue weighted by atomic mass is 79.9. The quantitative estimate of drug-likeness (QED) is 0.803. The molecule has 0 unspecified atom stereocenters. The van der Waals surface area contributed by atoms with Crippen molar-refractivity contribution in [2.24, 2.45) is 12.8 Å². The Hall–Kier alpha value is -1.66. The maximum Gasteiger partial charge on any atom is 0.233 e. The number of rotatable bonds is 3. The number of aromatic nitrogens is 4. The predicted octanol–water partition coefficient (Wildman–Crippen LogP) is 2.00. The van der Waals surface area contributed by atoms with E-state index in [0.717, 1.165) is 33.9 Å². The Morgan fingerprint density at radius 1 is 1.26 bits per heavy atom. The maximum absolute atomic E-state index is 5.58. The molecular weight excluding hydrogens is 306 g/mol. The van der Waals surface area contributed by atoms with Gasteiger partial charge < -0.3 is 5.73 Å². The van der Waals surface area contributed by atoms with Gasteiger partial charge in [-0.2, -0.15) is 4.52 Å². The minimum atomic E-state index is 0.577. The Balaban J connectivity index is 2.17. The predicted molar refractivity (Wildman–Crippen MR) is 77.9 cm³/mol. The maximum atomic E-state index is 5.58. The minimum absolute atomic E-state index is 0.577. The smallest absolute Gasteiger partial charge is 0.233 e. The summed E-state index contributed by atoms with van der Waals surface area (Å²) in [6.07, 6.45) is 0.741. The second kappa shape index (κ2) is 4.79. The number of imidazole rings is 1. The molecule has 2 heterocycles. The molecule has 0 atom stereocenters. The minimum Gasteiger partial charge on any atom is -0.330 e. The fourth-order valence-electron chi connectivity index (χ4n) is 2.12. The van der Waals surface area contributed by atoms with Crippen LogP contribution >= 0.6 is 15.9 Å². The molecule has 2 aromatic heterocycles. The Morgan fingerprint density at radius 3 is 2.63 bits per heavy atom. The van der Waals surface area contributed by atoms with Gasteiger partial charge in [0.25, 0.3) is 0 Å². The summed E-state index contributed by atoms with van der Waals surface area (Å²) in [6.45, 7) is 0.577. The number of hydrogen-bond acceptors (Lipinski definition) is 3. The lowest BCUT2D eigenvalue weighted by Gasteiger charge is -2.00. The zero-order chi connectivity index (χ0) is 13.4. The number of halogens is 1. The van der Waals surface area contributed by atoms with E-state index in [4.69, 9.17) is 5.73 Å². The van der Waals surface area contributed by atoms with Gasteiger partial charge >= 0.3 is 0 Å². The van der Waals surface area contributed by atoms with Gasteiger partial charge in [-0.25, -0.2) is 4.98 Å². The van der Waals surface area contributed by atoms with Crippen LogP contribution in [-0.4, -0.2) is 25.7 Å². The van der Waals surface area contributed by atoms with Crippen LogP contribution in [0.25, 0.3) is 17.2 Å². The van der Waals surface area contributed by atoms with Crippen LogP contribution in [0.5, 0.6) is 0 Å². The highest BCUT2D eigenvalue weighted by molar-refractivity contribution is 9.10. The second-order valence-corrected chi connectivity index (χ2v) is 5.10. The highest BCUT2D eigenvalue weighted by Crippen LogP contribution is 2.24. The van der Waals surface area contributed by atoms with Gasteiger partial charge in [-0.05, 0) is 22.5 Å². The lowest BCUT2D eigenvalue weighted by Crippen LogP contribution is -2.04. The largest absolute Gasteiger partial charge is 0.330 e. The Bertz CT molecular complexity index is 714. The molecule has 0 radical (unpaired) electrons. The highest BCUT2D eigenvalue weighted by Gasteiger charge is 2.17. The van der Waals surface area contributed by atoms with E-state index in [2.05, 4.69) is 26.0 Å². The molecule has 3 rings (SSSR count). The summed E-state index contributed by atoms with van der Waals surface area (Å²) < 4.78 is 4.68. The normalized spacial score (nSPS) is 11.3. The summed E-state index contributed by atoms with van der Waals surface area (Å²) in [5.41, 5.74) is 7.60. The number of hydrogen-bond donors (Lipinski definition) is 1. The van der Waals surface area contributed by atoms with Gasteiger partial charge in [0.15, 0.2) is 5.82 Å². The van der Waals surface area contributed by atoms with E-state index in [1.54, 1.807) is 0 Å². The summed E-state index contributed by atoms with van der Waals surface area (Å²) in [7, 11) is 1.97. The molecule has 0 aliphatic rings. The van der Waals surface area contributed by atoms with Crippen LogP contribution in [0.15, 0.2) is 34.9 Å². The Kier molecular flexibility index (Phi) is 3.12. The standard InChI is InChI=1S/C13H14BrN5/c1-18-12(9-5-3-2-4-6-9)17-19-11(14)10(7-8-15)16-13(18)19/h2-6H,7-8,15H2,1H3. The molecule has 1 aromatic carbocycles. The fraction of sp³-hybridized carbons (Fsp3) is 0.231. The molecule has 0 aliphatic carbocycles. The van der Waals surface area contributed by atoms with E-state index in [9.17, 15) is 0 Å². The van der Waals surface area contributed by atoms with Crippen molar-refractivity contribution >= 4 is 21.7 Å². The second-order valence-electron chi connectivity index (χ2n) is 4.35. The zero-order valence-electron chi connectivity index (χ0n) is 10.5. The third-order valence-electron chi connectivity index (χ3n) is 3.07. The molecule has 6 heteroatoms. The van der Waals surface area contributed by atoms with Crippen molar-refractivity contribution in [3.63, 3.8) is 0 Å². The molecule has 0 spiro atoms. The van der Waals surface area contributed by atoms with E-state index in [-0.39, 0.29) is 0 Å². The summed E-state index contributed by atoms with van der Waals surface area (Å²) >= 11 is 3.54. The van der Waals surface area contributed by atoms with Crippen molar-refractivity contribution in [3.05, 3.63) is 40.6 Å². The molecule has 5 nitrogen and oxygen atoms in total. The van der Waals surface area contributed by atoms with Crippen LogP contribution < -0.4 is 5.73 Å². The lowest BCUT2D eigenvalue weighted by atomic mass is 10.2. The monoisotopic (exact) mass is 319 g/mol. The Labute approximate surface area is 119 Å². The van der Waals surface area contributed by atoms with E-state index >= 15 is 0 Å². The molecule has 0 amide bonds. The zero-order valence-corrected chi connectivity index (χ0v) is 12.1. The van der Waals surface area contributed by atoms with E-state index in [0.29, 0.717) is 6.54 Å². The van der Waals surface area contributed by atoms with Gasteiger partial charge in [-0.1, -0.05) is 30.3 Å². The number of aryl methyl sites for hydroxylation is 1. The molecule has 0 bridgehead atoms. The first-order chi connectivity index (χ1) is 9.22. The first-order valence-corrected chi connectivity index (χ1v) is 6.87. The average molecular weight is 320 g/mol. The van der Waals surface area contributed by atoms with Gasteiger partial charge in [0.05, 0.1) is 5.69 Å². The first kappa shape index (κ1) is 12.4. The van der Waals surface area contributed by atoms with E-state index in [1.165, 1.54) is 0 Å². The molecule has 19 heavy (non-hydrogen) atoms. The third kappa shape index (κ3) is 1.97. The van der Waals surface area contributed by atoms with Crippen molar-refractivity contribution in [3.8, 4) is 11.4 Å². The number of nitrogens with zero attached hydrogens (tertiary/aromatic N) is 4. The topological polar surface area (TPSA) is 61.1 Å². The first-order valence-electron chi connectivity index (χ1n) is 6.07. The van der Waals surface area contributed by atoms with Crippen molar-refractivity contribution < 1.29 is 0 Å². The van der Waals surface area contributed by atoms with Crippen LogP contribution in [-0.2, 0) is 13.5 Å². The molecule has 98 valence electrons. The third-order valence-corrected chi connectivity index (χ3v) is 3.87. The average Bonchev–Trinajstić information content (AvgIpc) is 2.91. The molecule has 0 fully saturated rings. The lowest BCUT2D eigenvalue weighted by molar-refractivity contribution is 0.892. The summed E-state index contributed by atoms with van der Waals surface area (Å²) in [6, 6.07) is 10.1. The molecule has 0 aliphatic heterocycles. The number of benzene rings is 1. The van der Waals surface area contributed by atoms with Crippen molar-refractivity contribution in [1.82, 2.24) is 19.2 Å². The van der Waals surface area contributed by atoms with Gasteiger partial charge in [0.2, 0.25) is 5.78 Å². The van der Waals surface area contributed by atoms with Crippen LogP contribution in [0.4, 0.5) is 0 Å². The molecule has 2 N–H and O–H groups in total.